The third kappa shape index (κ3) is 3.66. The molecule has 2 atom stereocenters. The summed E-state index contributed by atoms with van der Waals surface area (Å²) >= 11 is 0. The summed E-state index contributed by atoms with van der Waals surface area (Å²) in [4.78, 5) is 27.3. The van der Waals surface area contributed by atoms with E-state index in [0.29, 0.717) is 35.5 Å². The number of carbonyl (C=O) groups is 1. The van der Waals surface area contributed by atoms with Crippen LogP contribution in [0.5, 0.6) is 0 Å². The normalized spacial score (nSPS) is 18.8. The second-order valence-corrected chi connectivity index (χ2v) is 8.80. The van der Waals surface area contributed by atoms with Gasteiger partial charge in [-0.1, -0.05) is 13.0 Å². The van der Waals surface area contributed by atoms with Crippen LogP contribution in [0.1, 0.15) is 67.7 Å². The third-order valence-electron chi connectivity index (χ3n) is 6.77. The van der Waals surface area contributed by atoms with Crippen LogP contribution in [0.2, 0.25) is 0 Å². The Hall–Kier alpha value is -3.33. The summed E-state index contributed by atoms with van der Waals surface area (Å²) < 4.78 is 1.93. The quantitative estimate of drug-likeness (QED) is 0.619. The van der Waals surface area contributed by atoms with Crippen LogP contribution in [0.25, 0.3) is 11.5 Å². The Bertz CT molecular complexity index is 1190. The van der Waals surface area contributed by atoms with E-state index in [1.807, 2.05) is 42.7 Å². The highest BCUT2D eigenvalue weighted by Gasteiger charge is 2.35. The minimum absolute atomic E-state index is 0.0633. The lowest BCUT2D eigenvalue weighted by Crippen LogP contribution is -2.28. The molecule has 3 aromatic heterocycles. The molecule has 0 unspecified atom stereocenters. The number of nitrogens with zero attached hydrogens (tertiary/aromatic N) is 7. The highest BCUT2D eigenvalue weighted by atomic mass is 16.2. The Balaban J connectivity index is 1.54. The summed E-state index contributed by atoms with van der Waals surface area (Å²) in [5.41, 5.74) is 9.58. The van der Waals surface area contributed by atoms with Gasteiger partial charge in [0.15, 0.2) is 5.82 Å². The fraction of sp³-hybridized carbons (Fsp3) is 0.458. The van der Waals surface area contributed by atoms with Gasteiger partial charge in [0.25, 0.3) is 5.91 Å². The zero-order valence-electron chi connectivity index (χ0n) is 19.4. The largest absolute Gasteiger partial charge is 0.354 e. The predicted octanol–water partition coefficient (Wildman–Crippen LogP) is 3.31. The van der Waals surface area contributed by atoms with E-state index < -0.39 is 0 Å². The first-order chi connectivity index (χ1) is 16.0. The Morgan fingerprint density at radius 1 is 1.21 bits per heavy atom. The third-order valence-corrected chi connectivity index (χ3v) is 6.77. The Morgan fingerprint density at radius 3 is 2.79 bits per heavy atom. The molecule has 5 heterocycles. The fourth-order valence-electron chi connectivity index (χ4n) is 4.80. The molecule has 1 amide bonds. The molecule has 9 nitrogen and oxygen atoms in total. The molecule has 9 heteroatoms. The fourth-order valence-corrected chi connectivity index (χ4v) is 4.80. The number of carbonyl (C=O) groups excluding carboxylic acids is 1. The average Bonchev–Trinajstić information content (AvgIpc) is 3.57. The molecule has 1 saturated heterocycles. The molecule has 0 aromatic carbocycles. The van der Waals surface area contributed by atoms with Crippen LogP contribution in [0.15, 0.2) is 30.6 Å². The lowest BCUT2D eigenvalue weighted by molar-refractivity contribution is 0.0996. The smallest absolute Gasteiger partial charge is 0.260 e. The van der Waals surface area contributed by atoms with Crippen molar-refractivity contribution in [2.24, 2.45) is 5.73 Å². The number of rotatable bonds is 6. The molecule has 0 spiro atoms. The summed E-state index contributed by atoms with van der Waals surface area (Å²) in [7, 11) is 0. The minimum Gasteiger partial charge on any atom is -0.354 e. The standard InChI is InChI=1S/C24H30N8O/c1-4-18(25)22-17-13-32(20-10-6-9-19(27-20)23-29-26-14-30(23)5-2)24(33)16(17)12-21(28-22)31-11-7-8-15(31)3/h6,9-10,12,14-15,18H,4-5,7-8,11,13,25H2,1-3H3/t15-,18-/m1/s1. The molecule has 2 aliphatic heterocycles. The molecular weight excluding hydrogens is 416 g/mol. The predicted molar refractivity (Wildman–Crippen MR) is 127 cm³/mol. The van der Waals surface area contributed by atoms with Crippen LogP contribution < -0.4 is 15.5 Å². The van der Waals surface area contributed by atoms with Gasteiger partial charge in [0.2, 0.25) is 0 Å². The summed E-state index contributed by atoms with van der Waals surface area (Å²) in [5.74, 6) is 2.06. The molecule has 0 radical (unpaired) electrons. The second-order valence-electron chi connectivity index (χ2n) is 8.80. The van der Waals surface area contributed by atoms with Gasteiger partial charge >= 0.3 is 0 Å². The van der Waals surface area contributed by atoms with Crippen LogP contribution in [0.4, 0.5) is 11.6 Å². The van der Waals surface area contributed by atoms with Crippen molar-refractivity contribution in [1.29, 1.82) is 0 Å². The van der Waals surface area contributed by atoms with E-state index in [1.165, 1.54) is 0 Å². The highest BCUT2D eigenvalue weighted by molar-refractivity contribution is 6.10. The van der Waals surface area contributed by atoms with Crippen LogP contribution in [0, 0.1) is 0 Å². The number of nitrogens with two attached hydrogens (primary N) is 1. The van der Waals surface area contributed by atoms with Crippen molar-refractivity contribution in [3.63, 3.8) is 0 Å². The number of aryl methyl sites for hydroxylation is 1. The summed E-state index contributed by atoms with van der Waals surface area (Å²) in [6.45, 7) is 8.39. The number of hydrogen-bond acceptors (Lipinski definition) is 7. The lowest BCUT2D eigenvalue weighted by Gasteiger charge is -2.25. The van der Waals surface area contributed by atoms with Crippen molar-refractivity contribution in [3.05, 3.63) is 47.4 Å². The van der Waals surface area contributed by atoms with E-state index >= 15 is 0 Å². The number of pyridine rings is 2. The van der Waals surface area contributed by atoms with Gasteiger partial charge < -0.3 is 15.2 Å². The van der Waals surface area contributed by atoms with Gasteiger partial charge in [-0.05, 0) is 51.3 Å². The van der Waals surface area contributed by atoms with E-state index in [1.54, 1.807) is 11.2 Å². The summed E-state index contributed by atoms with van der Waals surface area (Å²) in [6.07, 6.45) is 4.71. The Morgan fingerprint density at radius 2 is 2.06 bits per heavy atom. The van der Waals surface area contributed by atoms with Crippen molar-refractivity contribution in [2.75, 3.05) is 16.3 Å². The first kappa shape index (κ1) is 21.5. The van der Waals surface area contributed by atoms with Crippen molar-refractivity contribution < 1.29 is 4.79 Å². The number of fused-ring (bicyclic) bond motifs is 1. The van der Waals surface area contributed by atoms with Gasteiger partial charge in [0.05, 0.1) is 17.8 Å². The van der Waals surface area contributed by atoms with Crippen molar-refractivity contribution >= 4 is 17.5 Å². The molecule has 5 rings (SSSR count). The molecular formula is C24H30N8O. The molecule has 2 N–H and O–H groups in total. The van der Waals surface area contributed by atoms with Crippen molar-refractivity contribution in [3.8, 4) is 11.5 Å². The molecule has 33 heavy (non-hydrogen) atoms. The maximum absolute atomic E-state index is 13.6. The minimum atomic E-state index is -0.216. The van der Waals surface area contributed by atoms with Gasteiger partial charge in [-0.2, -0.15) is 0 Å². The van der Waals surface area contributed by atoms with Crippen LogP contribution >= 0.6 is 0 Å². The van der Waals surface area contributed by atoms with Gasteiger partial charge in [-0.3, -0.25) is 9.69 Å². The Labute approximate surface area is 193 Å². The van der Waals surface area contributed by atoms with Gasteiger partial charge in [-0.25, -0.2) is 9.97 Å². The molecule has 172 valence electrons. The molecule has 2 aliphatic rings. The number of hydrogen-bond donors (Lipinski definition) is 1. The molecule has 0 aliphatic carbocycles. The number of aromatic nitrogens is 5. The molecule has 0 saturated carbocycles. The molecule has 1 fully saturated rings. The van der Waals surface area contributed by atoms with Gasteiger partial charge in [-0.15, -0.1) is 10.2 Å². The van der Waals surface area contributed by atoms with E-state index in [0.717, 1.165) is 49.4 Å². The van der Waals surface area contributed by atoms with E-state index in [-0.39, 0.29) is 11.9 Å². The topological polar surface area (TPSA) is 106 Å². The number of anilines is 2. The molecule has 0 bridgehead atoms. The highest BCUT2D eigenvalue weighted by Crippen LogP contribution is 2.36. The van der Waals surface area contributed by atoms with E-state index in [9.17, 15) is 4.79 Å². The first-order valence-corrected chi connectivity index (χ1v) is 11.7. The van der Waals surface area contributed by atoms with Gasteiger partial charge in [0.1, 0.15) is 23.7 Å². The van der Waals surface area contributed by atoms with E-state index in [4.69, 9.17) is 15.7 Å². The van der Waals surface area contributed by atoms with Crippen molar-refractivity contribution in [1.82, 2.24) is 24.7 Å². The maximum Gasteiger partial charge on any atom is 0.260 e. The van der Waals surface area contributed by atoms with Crippen LogP contribution in [0.3, 0.4) is 0 Å². The monoisotopic (exact) mass is 446 g/mol. The second kappa shape index (κ2) is 8.55. The zero-order chi connectivity index (χ0) is 23.1. The van der Waals surface area contributed by atoms with Gasteiger partial charge in [0, 0.05) is 30.7 Å². The Kier molecular flexibility index (Phi) is 5.57. The average molecular weight is 447 g/mol. The van der Waals surface area contributed by atoms with Crippen molar-refractivity contribution in [2.45, 2.75) is 65.2 Å². The molecule has 3 aromatic rings. The van der Waals surface area contributed by atoms with Crippen LogP contribution in [-0.2, 0) is 13.1 Å². The summed E-state index contributed by atoms with van der Waals surface area (Å²) in [5, 5.41) is 8.21. The number of amides is 1. The van der Waals surface area contributed by atoms with E-state index in [2.05, 4.69) is 22.0 Å². The maximum atomic E-state index is 13.6. The SMILES string of the molecule is CC[C@@H](N)c1nc(N2CCC[C@H]2C)cc2c1CN(c1cccc(-c3nncn3CC)n1)C2=O. The zero-order valence-corrected chi connectivity index (χ0v) is 19.4. The summed E-state index contributed by atoms with van der Waals surface area (Å²) in [6, 6.07) is 7.78. The lowest BCUT2D eigenvalue weighted by atomic mass is 10.0. The van der Waals surface area contributed by atoms with Crippen LogP contribution in [-0.4, -0.2) is 43.2 Å². The first-order valence-electron chi connectivity index (χ1n) is 11.7.